The first-order valence-electron chi connectivity index (χ1n) is 8.73. The maximum absolute atomic E-state index is 10.5. The molecule has 0 atom stereocenters. The number of carbonyl (C=O) groups excluding carboxylic acids is 4. The monoisotopic (exact) mass is 440 g/mol. The van der Waals surface area contributed by atoms with Gasteiger partial charge in [0.25, 0.3) is 0 Å². The highest BCUT2D eigenvalue weighted by molar-refractivity contribution is 5.73. The topological polar surface area (TPSA) is 81.2 Å². The summed E-state index contributed by atoms with van der Waals surface area (Å²) in [5.74, 6) is 0.255. The number of hydrogen-bond acceptors (Lipinski definition) is 4. The van der Waals surface area contributed by atoms with E-state index in [9.17, 15) is 19.2 Å². The van der Waals surface area contributed by atoms with E-state index in [1.165, 1.54) is 16.7 Å². The molecular formula is C22H56N4O4. The van der Waals surface area contributed by atoms with Crippen LogP contribution in [0.15, 0.2) is 0 Å². The van der Waals surface area contributed by atoms with Crippen molar-refractivity contribution in [3.05, 3.63) is 0 Å². The first-order valence-corrected chi connectivity index (χ1v) is 8.73. The van der Waals surface area contributed by atoms with Crippen LogP contribution in [0.2, 0.25) is 0 Å². The van der Waals surface area contributed by atoms with Crippen molar-refractivity contribution in [2.45, 2.75) is 71.2 Å². The van der Waals surface area contributed by atoms with Crippen molar-refractivity contribution < 1.29 is 19.2 Å². The zero-order valence-corrected chi connectivity index (χ0v) is 18.4. The van der Waals surface area contributed by atoms with Gasteiger partial charge in [-0.3, -0.25) is 19.2 Å². The Kier molecular flexibility index (Phi) is 63.9. The second-order valence-electron chi connectivity index (χ2n) is 5.50. The van der Waals surface area contributed by atoms with Gasteiger partial charge < -0.3 is 19.6 Å². The number of nitrogens with zero attached hydrogens (tertiary/aromatic N) is 4. The molecule has 0 aliphatic carbocycles. The summed E-state index contributed by atoms with van der Waals surface area (Å²) in [5.41, 5.74) is 0. The molecule has 0 bridgehead atoms. The van der Waals surface area contributed by atoms with Gasteiger partial charge >= 0.3 is 0 Å². The van der Waals surface area contributed by atoms with Crippen LogP contribution in [0.1, 0.15) is 71.2 Å². The molecule has 0 aromatic heterocycles. The van der Waals surface area contributed by atoms with E-state index in [4.69, 9.17) is 0 Å². The number of rotatable bonds is 6. The zero-order chi connectivity index (χ0) is 21.7. The third-order valence-electron chi connectivity index (χ3n) is 3.01. The van der Waals surface area contributed by atoms with E-state index in [2.05, 4.69) is 0 Å². The fourth-order valence-electron chi connectivity index (χ4n) is 1.04. The van der Waals surface area contributed by atoms with Gasteiger partial charge in [-0.1, -0.05) is 29.7 Å². The molecule has 0 rings (SSSR count). The van der Waals surface area contributed by atoms with E-state index < -0.39 is 0 Å². The smallest absolute Gasteiger partial charge is 0.219 e. The van der Waals surface area contributed by atoms with Gasteiger partial charge in [0.1, 0.15) is 0 Å². The lowest BCUT2D eigenvalue weighted by atomic mass is 10.5. The van der Waals surface area contributed by atoms with Crippen LogP contribution in [0, 0.1) is 0 Å². The molecule has 4 amide bonds. The summed E-state index contributed by atoms with van der Waals surface area (Å²) in [7, 11) is 6.82. The van der Waals surface area contributed by atoms with E-state index in [0.29, 0.717) is 0 Å². The van der Waals surface area contributed by atoms with Crippen LogP contribution < -0.4 is 0 Å². The molecule has 0 spiro atoms. The van der Waals surface area contributed by atoms with Gasteiger partial charge in [0.2, 0.25) is 24.6 Å². The van der Waals surface area contributed by atoms with Crippen molar-refractivity contribution in [2.24, 2.45) is 0 Å². The average molecular weight is 441 g/mol. The quantitative estimate of drug-likeness (QED) is 0.590. The minimum absolute atomic E-state index is 0. The van der Waals surface area contributed by atoms with Crippen molar-refractivity contribution in [3.63, 3.8) is 0 Å². The molecule has 0 saturated heterocycles. The summed E-state index contributed by atoms with van der Waals surface area (Å²) in [5, 5.41) is 0. The van der Waals surface area contributed by atoms with E-state index in [1.54, 1.807) is 44.9 Å². The van der Waals surface area contributed by atoms with Crippen LogP contribution in [0.5, 0.6) is 0 Å². The van der Waals surface area contributed by atoms with Crippen LogP contribution in [-0.2, 0) is 19.2 Å². The van der Waals surface area contributed by atoms with E-state index >= 15 is 0 Å². The Balaban J connectivity index is -0.0000000347. The van der Waals surface area contributed by atoms with E-state index in [1.807, 2.05) is 27.7 Å². The molecule has 0 N–H and O–H groups in total. The van der Waals surface area contributed by atoms with Crippen molar-refractivity contribution in [1.29, 1.82) is 0 Å². The molecule has 0 aromatic rings. The Morgan fingerprint density at radius 3 is 0.900 bits per heavy atom. The molecule has 30 heavy (non-hydrogen) atoms. The van der Waals surface area contributed by atoms with Crippen LogP contribution in [0.3, 0.4) is 0 Å². The van der Waals surface area contributed by atoms with Crippen molar-refractivity contribution in [3.8, 4) is 0 Å². The first-order chi connectivity index (χ1) is 12.0. The zero-order valence-electron chi connectivity index (χ0n) is 18.4. The molecule has 0 aliphatic heterocycles. The van der Waals surface area contributed by atoms with Gasteiger partial charge in [-0.25, -0.2) is 0 Å². The van der Waals surface area contributed by atoms with Crippen molar-refractivity contribution in [1.82, 2.24) is 19.6 Å². The van der Waals surface area contributed by atoms with E-state index in [-0.39, 0.29) is 41.5 Å². The molecule has 0 heterocycles. The molecule has 0 saturated carbocycles. The first kappa shape index (κ1) is 51.0. The number of carbonyl (C=O) groups is 4. The average Bonchev–Trinajstić information content (AvgIpc) is 2.58. The fraction of sp³-hybridized carbons (Fsp3) is 0.818. The van der Waals surface area contributed by atoms with Crippen molar-refractivity contribution in [2.75, 3.05) is 54.4 Å². The van der Waals surface area contributed by atoms with Crippen LogP contribution in [0.4, 0.5) is 0 Å². The van der Waals surface area contributed by atoms with Crippen LogP contribution >= 0.6 is 0 Å². The molecule has 188 valence electrons. The Morgan fingerprint density at radius 2 is 0.900 bits per heavy atom. The molecule has 0 unspecified atom stereocenters. The van der Waals surface area contributed by atoms with Crippen molar-refractivity contribution >= 4 is 24.6 Å². The lowest BCUT2D eigenvalue weighted by Crippen LogP contribution is -2.27. The fourth-order valence-corrected chi connectivity index (χ4v) is 1.04. The van der Waals surface area contributed by atoms with Gasteiger partial charge in [0.05, 0.1) is 0 Å². The predicted molar refractivity (Wildman–Crippen MR) is 134 cm³/mol. The van der Waals surface area contributed by atoms with Gasteiger partial charge in [0.15, 0.2) is 0 Å². The third kappa shape index (κ3) is 50.1. The SMILES string of the molecule is C.C.C.C.CC(=O)N(C)C.CCN(C=O)CC.CCN(CC)C(C)=O.CN(C)C=O. The lowest BCUT2D eigenvalue weighted by Gasteiger charge is -2.14. The second kappa shape index (κ2) is 37.6. The Hall–Kier alpha value is -2.12. The maximum atomic E-state index is 10.5. The number of amides is 4. The molecular weight excluding hydrogens is 384 g/mol. The summed E-state index contributed by atoms with van der Waals surface area (Å²) in [4.78, 5) is 46.4. The van der Waals surface area contributed by atoms with Gasteiger partial charge in [0, 0.05) is 68.2 Å². The molecule has 8 nitrogen and oxygen atoms in total. The standard InChI is InChI=1S/C6H13NO.C5H11NO.C4H9NO.C3H7NO.4CH4/c1-4-7(5-2)6(3)8;1-3-6(4-2)5-7;1-4(6)5(2)3;1-4(2)3-5;;;;/h4-5H2,1-3H3;5H,3-4H2,1-2H3;1-3H3;3H,1-2H3;4*1H4. The molecule has 0 radical (unpaired) electrons. The summed E-state index contributed by atoms with van der Waals surface area (Å²) < 4.78 is 0. The van der Waals surface area contributed by atoms with Gasteiger partial charge in [-0.2, -0.15) is 0 Å². The molecule has 0 fully saturated rings. The van der Waals surface area contributed by atoms with Gasteiger partial charge in [-0.05, 0) is 27.7 Å². The summed E-state index contributed by atoms with van der Waals surface area (Å²) in [6.07, 6.45) is 1.61. The Bertz CT molecular complexity index is 355. The second-order valence-corrected chi connectivity index (χ2v) is 5.50. The van der Waals surface area contributed by atoms with Crippen LogP contribution in [-0.4, -0.2) is 98.6 Å². The highest BCUT2D eigenvalue weighted by Crippen LogP contribution is 1.84. The molecule has 0 aromatic carbocycles. The molecule has 8 heteroatoms. The number of hydrogen-bond donors (Lipinski definition) is 0. The summed E-state index contributed by atoms with van der Waals surface area (Å²) >= 11 is 0. The van der Waals surface area contributed by atoms with E-state index in [0.717, 1.165) is 39.0 Å². The Morgan fingerprint density at radius 1 is 0.633 bits per heavy atom. The normalized spacial score (nSPS) is 7.00. The highest BCUT2D eigenvalue weighted by atomic mass is 16.2. The van der Waals surface area contributed by atoms with Crippen LogP contribution in [0.25, 0.3) is 0 Å². The minimum Gasteiger partial charge on any atom is -0.351 e. The third-order valence-corrected chi connectivity index (χ3v) is 3.01. The minimum atomic E-state index is 0. The maximum Gasteiger partial charge on any atom is 0.219 e. The summed E-state index contributed by atoms with van der Waals surface area (Å²) in [6, 6.07) is 0. The molecule has 0 aliphatic rings. The summed E-state index contributed by atoms with van der Waals surface area (Å²) in [6.45, 7) is 14.3. The van der Waals surface area contributed by atoms with Gasteiger partial charge in [-0.15, -0.1) is 0 Å². The largest absolute Gasteiger partial charge is 0.351 e. The lowest BCUT2D eigenvalue weighted by molar-refractivity contribution is -0.128. The highest BCUT2D eigenvalue weighted by Gasteiger charge is 1.99. The predicted octanol–water partition coefficient (Wildman–Crippen LogP) is 3.70. The Labute approximate surface area is 189 Å².